The molecule has 0 fully saturated rings. The predicted molar refractivity (Wildman–Crippen MR) is 85.1 cm³/mol. The van der Waals surface area contributed by atoms with Gasteiger partial charge in [0.1, 0.15) is 5.82 Å². The van der Waals surface area contributed by atoms with Crippen molar-refractivity contribution in [3.05, 3.63) is 64.9 Å². The molecule has 0 aliphatic carbocycles. The molecule has 0 saturated carbocycles. The van der Waals surface area contributed by atoms with Crippen molar-refractivity contribution in [2.24, 2.45) is 0 Å². The lowest BCUT2D eigenvalue weighted by Crippen LogP contribution is -2.30. The van der Waals surface area contributed by atoms with E-state index in [0.29, 0.717) is 6.04 Å². The standard InChI is InChI=1S/C16H17ClFNS/c1-19-14(10-12-4-2-3-5-16(12)17)11-20-15-8-6-13(18)7-9-15/h2-9,14,19H,10-11H2,1H3. The smallest absolute Gasteiger partial charge is 0.123 e. The summed E-state index contributed by atoms with van der Waals surface area (Å²) in [5.41, 5.74) is 1.15. The van der Waals surface area contributed by atoms with E-state index < -0.39 is 0 Å². The zero-order valence-electron chi connectivity index (χ0n) is 11.3. The van der Waals surface area contributed by atoms with Crippen molar-refractivity contribution in [1.29, 1.82) is 0 Å². The van der Waals surface area contributed by atoms with Gasteiger partial charge in [-0.15, -0.1) is 11.8 Å². The van der Waals surface area contributed by atoms with E-state index >= 15 is 0 Å². The van der Waals surface area contributed by atoms with E-state index in [0.717, 1.165) is 27.7 Å². The van der Waals surface area contributed by atoms with E-state index in [-0.39, 0.29) is 5.82 Å². The molecule has 1 nitrogen and oxygen atoms in total. The van der Waals surface area contributed by atoms with Gasteiger partial charge in [0.15, 0.2) is 0 Å². The fraction of sp³-hybridized carbons (Fsp3) is 0.250. The number of halogens is 2. The molecule has 0 saturated heterocycles. The Labute approximate surface area is 128 Å². The highest BCUT2D eigenvalue weighted by atomic mass is 35.5. The Morgan fingerprint density at radius 1 is 1.15 bits per heavy atom. The summed E-state index contributed by atoms with van der Waals surface area (Å²) in [5.74, 6) is 0.712. The van der Waals surface area contributed by atoms with Crippen molar-refractivity contribution >= 4 is 23.4 Å². The zero-order chi connectivity index (χ0) is 14.4. The highest BCUT2D eigenvalue weighted by molar-refractivity contribution is 7.99. The summed E-state index contributed by atoms with van der Waals surface area (Å²) in [7, 11) is 1.95. The summed E-state index contributed by atoms with van der Waals surface area (Å²) in [6, 6.07) is 14.8. The molecule has 2 aromatic rings. The third-order valence-corrected chi connectivity index (χ3v) is 4.64. The third kappa shape index (κ3) is 4.51. The highest BCUT2D eigenvalue weighted by Gasteiger charge is 2.10. The van der Waals surface area contributed by atoms with Crippen molar-refractivity contribution in [2.75, 3.05) is 12.8 Å². The molecule has 2 aromatic carbocycles. The molecule has 1 unspecified atom stereocenters. The number of hydrogen-bond acceptors (Lipinski definition) is 2. The van der Waals surface area contributed by atoms with Crippen LogP contribution in [0.5, 0.6) is 0 Å². The molecule has 0 radical (unpaired) electrons. The van der Waals surface area contributed by atoms with E-state index in [2.05, 4.69) is 11.4 Å². The van der Waals surface area contributed by atoms with E-state index in [1.54, 1.807) is 11.8 Å². The van der Waals surface area contributed by atoms with Gasteiger partial charge in [0.05, 0.1) is 0 Å². The topological polar surface area (TPSA) is 12.0 Å². The van der Waals surface area contributed by atoms with Crippen LogP contribution in [0.2, 0.25) is 5.02 Å². The molecule has 0 aliphatic heterocycles. The van der Waals surface area contributed by atoms with Crippen LogP contribution in [0, 0.1) is 5.82 Å². The van der Waals surface area contributed by atoms with Crippen LogP contribution < -0.4 is 5.32 Å². The second kappa shape index (κ2) is 7.67. The second-order valence-electron chi connectivity index (χ2n) is 4.55. The van der Waals surface area contributed by atoms with Crippen LogP contribution in [-0.2, 0) is 6.42 Å². The average molecular weight is 310 g/mol. The maximum atomic E-state index is 12.8. The van der Waals surface area contributed by atoms with Crippen molar-refractivity contribution in [1.82, 2.24) is 5.32 Å². The summed E-state index contributed by atoms with van der Waals surface area (Å²) < 4.78 is 12.8. The van der Waals surface area contributed by atoms with E-state index in [4.69, 9.17) is 11.6 Å². The molecule has 0 spiro atoms. The van der Waals surface area contributed by atoms with E-state index in [1.807, 2.05) is 37.4 Å². The molecule has 0 aliphatic rings. The minimum atomic E-state index is -0.199. The Hall–Kier alpha value is -1.03. The molecule has 0 bridgehead atoms. The molecule has 0 aromatic heterocycles. The van der Waals surface area contributed by atoms with Crippen LogP contribution in [0.15, 0.2) is 53.4 Å². The fourth-order valence-electron chi connectivity index (χ4n) is 1.90. The van der Waals surface area contributed by atoms with Crippen LogP contribution in [-0.4, -0.2) is 18.8 Å². The van der Waals surface area contributed by atoms with Gasteiger partial charge >= 0.3 is 0 Å². The Morgan fingerprint density at radius 3 is 2.50 bits per heavy atom. The Bertz CT molecular complexity index is 544. The molecule has 4 heteroatoms. The van der Waals surface area contributed by atoms with Crippen LogP contribution in [0.3, 0.4) is 0 Å². The zero-order valence-corrected chi connectivity index (χ0v) is 12.8. The number of nitrogens with one attached hydrogen (secondary N) is 1. The maximum Gasteiger partial charge on any atom is 0.123 e. The summed E-state index contributed by atoms with van der Waals surface area (Å²) in [6.07, 6.45) is 0.879. The first-order chi connectivity index (χ1) is 9.69. The molecule has 1 atom stereocenters. The molecule has 1 N–H and O–H groups in total. The third-order valence-electron chi connectivity index (χ3n) is 3.10. The average Bonchev–Trinajstić information content (AvgIpc) is 2.47. The van der Waals surface area contributed by atoms with Crippen molar-refractivity contribution in [2.45, 2.75) is 17.4 Å². The molecular weight excluding hydrogens is 293 g/mol. The van der Waals surface area contributed by atoms with Crippen molar-refractivity contribution < 1.29 is 4.39 Å². The minimum Gasteiger partial charge on any atom is -0.316 e. The number of thioether (sulfide) groups is 1. The number of likely N-dealkylation sites (N-methyl/N-ethyl adjacent to an activating group) is 1. The molecule has 0 amide bonds. The van der Waals surface area contributed by atoms with Crippen LogP contribution in [0.1, 0.15) is 5.56 Å². The fourth-order valence-corrected chi connectivity index (χ4v) is 3.12. The number of rotatable bonds is 6. The largest absolute Gasteiger partial charge is 0.316 e. The second-order valence-corrected chi connectivity index (χ2v) is 6.05. The van der Waals surface area contributed by atoms with Crippen molar-refractivity contribution in [3.8, 4) is 0 Å². The first-order valence-corrected chi connectivity index (χ1v) is 7.84. The van der Waals surface area contributed by atoms with Crippen LogP contribution in [0.25, 0.3) is 0 Å². The number of hydrogen-bond donors (Lipinski definition) is 1. The molecule has 20 heavy (non-hydrogen) atoms. The first-order valence-electron chi connectivity index (χ1n) is 6.48. The van der Waals surface area contributed by atoms with Gasteiger partial charge in [-0.25, -0.2) is 4.39 Å². The summed E-state index contributed by atoms with van der Waals surface area (Å²) in [6.45, 7) is 0. The van der Waals surface area contributed by atoms with E-state index in [1.165, 1.54) is 12.1 Å². The van der Waals surface area contributed by atoms with Gasteiger partial charge in [-0.2, -0.15) is 0 Å². The quantitative estimate of drug-likeness (QED) is 0.794. The lowest BCUT2D eigenvalue weighted by molar-refractivity contribution is 0.617. The monoisotopic (exact) mass is 309 g/mol. The Kier molecular flexibility index (Phi) is 5.89. The van der Waals surface area contributed by atoms with Gasteiger partial charge in [0.2, 0.25) is 0 Å². The lowest BCUT2D eigenvalue weighted by atomic mass is 10.1. The number of benzene rings is 2. The molecule has 2 rings (SSSR count). The lowest BCUT2D eigenvalue weighted by Gasteiger charge is -2.16. The van der Waals surface area contributed by atoms with E-state index in [9.17, 15) is 4.39 Å². The molecule has 0 heterocycles. The SMILES string of the molecule is CNC(CSc1ccc(F)cc1)Cc1ccccc1Cl. The highest BCUT2D eigenvalue weighted by Crippen LogP contribution is 2.22. The van der Waals surface area contributed by atoms with Gasteiger partial charge in [-0.1, -0.05) is 29.8 Å². The summed E-state index contributed by atoms with van der Waals surface area (Å²) >= 11 is 7.90. The van der Waals surface area contributed by atoms with Crippen LogP contribution in [0.4, 0.5) is 4.39 Å². The Balaban J connectivity index is 1.92. The van der Waals surface area contributed by atoms with Gasteiger partial charge in [-0.3, -0.25) is 0 Å². The predicted octanol–water partition coefficient (Wildman–Crippen LogP) is 4.40. The van der Waals surface area contributed by atoms with Gasteiger partial charge < -0.3 is 5.32 Å². The molecule has 106 valence electrons. The first kappa shape index (κ1) is 15.4. The molecular formula is C16H17ClFNS. The normalized spacial score (nSPS) is 12.3. The van der Waals surface area contributed by atoms with Gasteiger partial charge in [0, 0.05) is 21.7 Å². The Morgan fingerprint density at radius 2 is 1.85 bits per heavy atom. The van der Waals surface area contributed by atoms with Gasteiger partial charge in [-0.05, 0) is 49.4 Å². The van der Waals surface area contributed by atoms with Crippen molar-refractivity contribution in [3.63, 3.8) is 0 Å². The maximum absolute atomic E-state index is 12.8. The summed E-state index contributed by atoms with van der Waals surface area (Å²) in [5, 5.41) is 4.11. The van der Waals surface area contributed by atoms with Gasteiger partial charge in [0.25, 0.3) is 0 Å². The van der Waals surface area contributed by atoms with Crippen LogP contribution >= 0.6 is 23.4 Å². The summed E-state index contributed by atoms with van der Waals surface area (Å²) in [4.78, 5) is 1.07. The minimum absolute atomic E-state index is 0.199.